The molecule has 5 rings (SSSR count). The lowest BCUT2D eigenvalue weighted by atomic mass is 9.88. The van der Waals surface area contributed by atoms with E-state index < -0.39 is 10.0 Å². The number of hydrogen-bond acceptors (Lipinski definition) is 4. The number of hydrogen-bond donors (Lipinski definition) is 1. The number of aryl methyl sites for hydroxylation is 1. The molecule has 174 valence electrons. The monoisotopic (exact) mass is 488 g/mol. The summed E-state index contributed by atoms with van der Waals surface area (Å²) in [7, 11) is -2.13. The molecule has 3 aromatic rings. The third kappa shape index (κ3) is 4.57. The normalized spacial score (nSPS) is 20.6. The van der Waals surface area contributed by atoms with E-state index >= 15 is 0 Å². The van der Waals surface area contributed by atoms with E-state index in [0.29, 0.717) is 16.6 Å². The van der Waals surface area contributed by atoms with Gasteiger partial charge in [0, 0.05) is 42.3 Å². The lowest BCUT2D eigenvalue weighted by Gasteiger charge is -2.39. The topological polar surface area (TPSA) is 67.2 Å². The Morgan fingerprint density at radius 1 is 1.24 bits per heavy atom. The number of likely N-dealkylation sites (tertiary alicyclic amines) is 1. The lowest BCUT2D eigenvalue weighted by Crippen LogP contribution is -2.47. The second kappa shape index (κ2) is 8.83. The van der Waals surface area contributed by atoms with Crippen molar-refractivity contribution in [2.75, 3.05) is 13.1 Å². The minimum Gasteiger partial charge on any atom is -0.339 e. The van der Waals surface area contributed by atoms with Crippen LogP contribution in [0.4, 0.5) is 4.39 Å². The molecule has 0 radical (unpaired) electrons. The molecule has 0 amide bonds. The lowest BCUT2D eigenvalue weighted by molar-refractivity contribution is 0.106. The Morgan fingerprint density at radius 3 is 2.73 bits per heavy atom. The Hall–Kier alpha value is -2.26. The highest BCUT2D eigenvalue weighted by molar-refractivity contribution is 7.89. The van der Waals surface area contributed by atoms with E-state index in [2.05, 4.69) is 20.7 Å². The van der Waals surface area contributed by atoms with Gasteiger partial charge in [-0.05, 0) is 67.2 Å². The van der Waals surface area contributed by atoms with Gasteiger partial charge in [0.1, 0.15) is 5.82 Å². The molecule has 0 bridgehead atoms. The average Bonchev–Trinajstić information content (AvgIpc) is 3.30. The molecule has 1 saturated heterocycles. The number of rotatable bonds is 7. The molecule has 2 atom stereocenters. The van der Waals surface area contributed by atoms with Crippen molar-refractivity contribution in [2.24, 2.45) is 7.05 Å². The highest BCUT2D eigenvalue weighted by Gasteiger charge is 2.39. The van der Waals surface area contributed by atoms with Crippen LogP contribution in [0.1, 0.15) is 34.6 Å². The predicted molar refractivity (Wildman–Crippen MR) is 125 cm³/mol. The minimum absolute atomic E-state index is 0.0803. The standard InChI is InChI=1S/C24H26ClFN4O2S/c1-29-14-24(27-15-29)33(31,32)28-13-18-10-20-17(11-22(18)26)12-23(30-6-3-7-30)21(20)9-16-4-2-5-19(25)8-16/h2,4-5,8,10-11,14-15,21,23,28H,3,6-7,9,12-13H2,1H3. The molecular weight excluding hydrogens is 463 g/mol. The molecule has 1 aliphatic carbocycles. The SMILES string of the molecule is Cn1cnc(S(=O)(=O)NCc2cc3c(cc2F)CC(N2CCC2)C3Cc2cccc(Cl)c2)c1. The van der Waals surface area contributed by atoms with Gasteiger partial charge in [-0.15, -0.1) is 0 Å². The Kier molecular flexibility index (Phi) is 6.03. The first-order chi connectivity index (χ1) is 15.8. The predicted octanol–water partition coefficient (Wildman–Crippen LogP) is 3.65. The number of halogens is 2. The Bertz CT molecular complexity index is 1290. The van der Waals surface area contributed by atoms with Crippen LogP contribution in [0.5, 0.6) is 0 Å². The Labute approximate surface area is 198 Å². The van der Waals surface area contributed by atoms with E-state index in [1.807, 2.05) is 24.3 Å². The molecule has 0 spiro atoms. The number of sulfonamides is 1. The zero-order valence-corrected chi connectivity index (χ0v) is 19.9. The first-order valence-electron chi connectivity index (χ1n) is 11.1. The number of nitrogens with zero attached hydrogens (tertiary/aromatic N) is 3. The summed E-state index contributed by atoms with van der Waals surface area (Å²) in [5, 5.41) is 0.623. The van der Waals surface area contributed by atoms with Crippen LogP contribution < -0.4 is 4.72 Å². The van der Waals surface area contributed by atoms with Crippen molar-refractivity contribution in [3.8, 4) is 0 Å². The van der Waals surface area contributed by atoms with Gasteiger partial charge in [0.05, 0.1) is 6.33 Å². The van der Waals surface area contributed by atoms with Gasteiger partial charge in [-0.25, -0.2) is 22.5 Å². The van der Waals surface area contributed by atoms with Crippen molar-refractivity contribution >= 4 is 21.6 Å². The van der Waals surface area contributed by atoms with Crippen molar-refractivity contribution in [2.45, 2.75) is 42.8 Å². The maximum absolute atomic E-state index is 15.0. The zero-order chi connectivity index (χ0) is 23.2. The van der Waals surface area contributed by atoms with Crippen LogP contribution in [0.15, 0.2) is 53.9 Å². The van der Waals surface area contributed by atoms with Gasteiger partial charge in [-0.1, -0.05) is 29.8 Å². The van der Waals surface area contributed by atoms with Crippen LogP contribution in [-0.4, -0.2) is 42.0 Å². The Balaban J connectivity index is 1.42. The molecule has 2 heterocycles. The van der Waals surface area contributed by atoms with Gasteiger partial charge in [0.15, 0.2) is 5.03 Å². The van der Waals surface area contributed by atoms with E-state index in [1.165, 1.54) is 18.9 Å². The summed E-state index contributed by atoms with van der Waals surface area (Å²) in [5.41, 5.74) is 3.59. The fourth-order valence-corrected chi connectivity index (χ4v) is 6.10. The largest absolute Gasteiger partial charge is 0.339 e. The van der Waals surface area contributed by atoms with Gasteiger partial charge in [-0.3, -0.25) is 4.90 Å². The van der Waals surface area contributed by atoms with Crippen molar-refractivity contribution in [3.63, 3.8) is 0 Å². The third-order valence-corrected chi connectivity index (χ3v) is 8.24. The first kappa shape index (κ1) is 22.5. The minimum atomic E-state index is -3.83. The van der Waals surface area contributed by atoms with Gasteiger partial charge >= 0.3 is 0 Å². The number of aromatic nitrogens is 2. The Morgan fingerprint density at radius 2 is 2.06 bits per heavy atom. The van der Waals surface area contributed by atoms with Gasteiger partial charge in [0.25, 0.3) is 10.0 Å². The first-order valence-corrected chi connectivity index (χ1v) is 12.9. The number of nitrogens with one attached hydrogen (secondary N) is 1. The van der Waals surface area contributed by atoms with Crippen LogP contribution in [0, 0.1) is 5.82 Å². The van der Waals surface area contributed by atoms with Crippen molar-refractivity contribution in [3.05, 3.63) is 82.0 Å². The van der Waals surface area contributed by atoms with Crippen molar-refractivity contribution in [1.82, 2.24) is 19.2 Å². The number of benzene rings is 2. The van der Waals surface area contributed by atoms with Gasteiger partial charge in [-0.2, -0.15) is 0 Å². The molecule has 1 aromatic heterocycles. The molecule has 6 nitrogen and oxygen atoms in total. The van der Waals surface area contributed by atoms with Crippen molar-refractivity contribution < 1.29 is 12.8 Å². The third-order valence-electron chi connectivity index (χ3n) is 6.71. The van der Waals surface area contributed by atoms with E-state index in [9.17, 15) is 12.8 Å². The van der Waals surface area contributed by atoms with Crippen LogP contribution in [0.25, 0.3) is 0 Å². The maximum atomic E-state index is 15.0. The molecule has 9 heteroatoms. The van der Waals surface area contributed by atoms with E-state index in [4.69, 9.17) is 11.6 Å². The molecule has 2 aliphatic rings. The zero-order valence-electron chi connectivity index (χ0n) is 18.3. The van der Waals surface area contributed by atoms with Crippen LogP contribution in [0.2, 0.25) is 5.02 Å². The molecule has 2 aromatic carbocycles. The molecule has 1 aliphatic heterocycles. The molecule has 0 saturated carbocycles. The fraction of sp³-hybridized carbons (Fsp3) is 0.375. The van der Waals surface area contributed by atoms with Crippen LogP contribution >= 0.6 is 11.6 Å². The second-order valence-corrected chi connectivity index (χ2v) is 11.1. The summed E-state index contributed by atoms with van der Waals surface area (Å²) in [6, 6.07) is 11.6. The quantitative estimate of drug-likeness (QED) is 0.551. The van der Waals surface area contributed by atoms with Crippen LogP contribution in [0.3, 0.4) is 0 Å². The highest BCUT2D eigenvalue weighted by atomic mass is 35.5. The van der Waals surface area contributed by atoms with E-state index in [1.54, 1.807) is 17.7 Å². The molecule has 2 unspecified atom stereocenters. The van der Waals surface area contributed by atoms with E-state index in [0.717, 1.165) is 42.6 Å². The summed E-state index contributed by atoms with van der Waals surface area (Å²) >= 11 is 6.22. The molecule has 33 heavy (non-hydrogen) atoms. The summed E-state index contributed by atoms with van der Waals surface area (Å²) in [4.78, 5) is 6.36. The smallest absolute Gasteiger partial charge is 0.259 e. The molecule has 1 N–H and O–H groups in total. The maximum Gasteiger partial charge on any atom is 0.259 e. The summed E-state index contributed by atoms with van der Waals surface area (Å²) in [6.45, 7) is 1.99. The summed E-state index contributed by atoms with van der Waals surface area (Å²) in [6.07, 6.45) is 5.63. The highest BCUT2D eigenvalue weighted by Crippen LogP contribution is 2.41. The number of fused-ring (bicyclic) bond motifs is 1. The summed E-state index contributed by atoms with van der Waals surface area (Å²) in [5.74, 6) is -0.186. The second-order valence-electron chi connectivity index (χ2n) is 8.95. The number of imidazole rings is 1. The van der Waals surface area contributed by atoms with Gasteiger partial charge < -0.3 is 4.57 Å². The van der Waals surface area contributed by atoms with Gasteiger partial charge in [0.2, 0.25) is 0 Å². The fourth-order valence-electron chi connectivity index (χ4n) is 4.90. The average molecular weight is 489 g/mol. The molecule has 1 fully saturated rings. The molecular formula is C24H26ClFN4O2S. The van der Waals surface area contributed by atoms with Crippen molar-refractivity contribution in [1.29, 1.82) is 0 Å². The summed E-state index contributed by atoms with van der Waals surface area (Å²) < 4.78 is 44.1. The van der Waals surface area contributed by atoms with E-state index in [-0.39, 0.29) is 23.3 Å². The van der Waals surface area contributed by atoms with Crippen LogP contribution in [-0.2, 0) is 36.5 Å².